The molecule has 0 aliphatic carbocycles. The Morgan fingerprint density at radius 2 is 1.89 bits per heavy atom. The summed E-state index contributed by atoms with van der Waals surface area (Å²) in [6.07, 6.45) is -3.03. The van der Waals surface area contributed by atoms with Gasteiger partial charge in [0.15, 0.2) is 0 Å². The van der Waals surface area contributed by atoms with Crippen molar-refractivity contribution in [2.45, 2.75) is 6.18 Å². The van der Waals surface area contributed by atoms with E-state index in [1.165, 1.54) is 24.4 Å². The molecule has 0 saturated carbocycles. The molecule has 0 atom stereocenters. The van der Waals surface area contributed by atoms with E-state index in [0.29, 0.717) is 11.1 Å². The van der Waals surface area contributed by atoms with Crippen molar-refractivity contribution in [3.8, 4) is 11.1 Å². The predicted molar refractivity (Wildman–Crippen MR) is 64.1 cm³/mol. The van der Waals surface area contributed by atoms with E-state index in [4.69, 9.17) is 17.3 Å². The number of nitrogens with two attached hydrogens (primary N) is 1. The summed E-state index contributed by atoms with van der Waals surface area (Å²) >= 11 is 5.64. The molecular formula is C12H8ClF3N2. The molecule has 0 unspecified atom stereocenters. The third kappa shape index (κ3) is 2.56. The van der Waals surface area contributed by atoms with E-state index in [9.17, 15) is 13.2 Å². The fourth-order valence-corrected chi connectivity index (χ4v) is 1.71. The molecule has 0 fully saturated rings. The molecule has 94 valence electrons. The number of benzene rings is 1. The zero-order valence-electron chi connectivity index (χ0n) is 9.00. The predicted octanol–water partition coefficient (Wildman–Crippen LogP) is 4.00. The molecule has 2 nitrogen and oxygen atoms in total. The second-order valence-electron chi connectivity index (χ2n) is 3.67. The molecule has 1 aromatic heterocycles. The summed E-state index contributed by atoms with van der Waals surface area (Å²) in [6, 6.07) is 6.30. The van der Waals surface area contributed by atoms with Gasteiger partial charge in [0.2, 0.25) is 0 Å². The van der Waals surface area contributed by atoms with Gasteiger partial charge in [0.05, 0.1) is 5.56 Å². The first-order valence-corrected chi connectivity index (χ1v) is 5.34. The number of nitrogen functional groups attached to an aromatic ring is 1. The molecule has 0 bridgehead atoms. The lowest BCUT2D eigenvalue weighted by Crippen LogP contribution is -2.04. The number of hydrogen-bond donors (Lipinski definition) is 1. The van der Waals surface area contributed by atoms with Gasteiger partial charge in [-0.3, -0.25) is 0 Å². The van der Waals surface area contributed by atoms with Gasteiger partial charge in [0.25, 0.3) is 0 Å². The molecule has 0 aliphatic rings. The van der Waals surface area contributed by atoms with Crippen molar-refractivity contribution in [1.82, 2.24) is 4.98 Å². The third-order valence-corrected chi connectivity index (χ3v) is 2.61. The van der Waals surface area contributed by atoms with Crippen molar-refractivity contribution in [2.24, 2.45) is 0 Å². The van der Waals surface area contributed by atoms with E-state index in [2.05, 4.69) is 4.98 Å². The maximum atomic E-state index is 12.6. The van der Waals surface area contributed by atoms with Crippen LogP contribution in [-0.4, -0.2) is 4.98 Å². The second kappa shape index (κ2) is 4.49. The Kier molecular flexibility index (Phi) is 3.17. The maximum absolute atomic E-state index is 12.6. The highest BCUT2D eigenvalue weighted by Crippen LogP contribution is 2.33. The summed E-state index contributed by atoms with van der Waals surface area (Å²) in [4.78, 5) is 3.81. The number of hydrogen-bond acceptors (Lipinski definition) is 2. The largest absolute Gasteiger partial charge is 0.416 e. The van der Waals surface area contributed by atoms with Crippen molar-refractivity contribution in [2.75, 3.05) is 5.73 Å². The Morgan fingerprint density at radius 3 is 2.50 bits per heavy atom. The Labute approximate surface area is 106 Å². The molecule has 0 amide bonds. The van der Waals surface area contributed by atoms with Crippen molar-refractivity contribution < 1.29 is 13.2 Å². The average molecular weight is 273 g/mol. The van der Waals surface area contributed by atoms with E-state index in [1.54, 1.807) is 0 Å². The van der Waals surface area contributed by atoms with Crippen LogP contribution in [0, 0.1) is 0 Å². The molecule has 6 heteroatoms. The van der Waals surface area contributed by atoms with Gasteiger partial charge < -0.3 is 5.73 Å². The molecule has 0 radical (unpaired) electrons. The first kappa shape index (κ1) is 12.7. The summed E-state index contributed by atoms with van der Waals surface area (Å²) < 4.78 is 37.7. The van der Waals surface area contributed by atoms with Crippen LogP contribution < -0.4 is 5.73 Å². The lowest BCUT2D eigenvalue weighted by molar-refractivity contribution is -0.137. The average Bonchev–Trinajstić information content (AvgIpc) is 2.28. The van der Waals surface area contributed by atoms with E-state index >= 15 is 0 Å². The number of rotatable bonds is 1. The Morgan fingerprint density at radius 1 is 1.17 bits per heavy atom. The van der Waals surface area contributed by atoms with Gasteiger partial charge in [-0.25, -0.2) is 4.98 Å². The van der Waals surface area contributed by atoms with Crippen LogP contribution in [0.25, 0.3) is 11.1 Å². The topological polar surface area (TPSA) is 38.9 Å². The molecule has 18 heavy (non-hydrogen) atoms. The van der Waals surface area contributed by atoms with E-state index < -0.39 is 11.7 Å². The Hall–Kier alpha value is -1.75. The van der Waals surface area contributed by atoms with Gasteiger partial charge in [-0.1, -0.05) is 23.7 Å². The van der Waals surface area contributed by atoms with Crippen LogP contribution in [-0.2, 0) is 6.18 Å². The zero-order valence-corrected chi connectivity index (χ0v) is 9.76. The third-order valence-electron chi connectivity index (χ3n) is 2.40. The SMILES string of the molecule is Nc1cc(Cl)ncc1-c1cccc(C(F)(F)F)c1. The molecule has 2 aromatic rings. The summed E-state index contributed by atoms with van der Waals surface area (Å²) in [5.41, 5.74) is 6.04. The van der Waals surface area contributed by atoms with Crippen molar-refractivity contribution in [3.05, 3.63) is 47.2 Å². The maximum Gasteiger partial charge on any atom is 0.416 e. The van der Waals surface area contributed by atoms with Gasteiger partial charge in [-0.05, 0) is 23.8 Å². The number of aromatic nitrogens is 1. The smallest absolute Gasteiger partial charge is 0.398 e. The standard InChI is InChI=1S/C12H8ClF3N2/c13-11-5-10(17)9(6-18-11)7-2-1-3-8(4-7)12(14,15)16/h1-6H,(H2,17,18). The molecule has 0 saturated heterocycles. The molecule has 2 rings (SSSR count). The van der Waals surface area contributed by atoms with Crippen molar-refractivity contribution in [1.29, 1.82) is 0 Å². The monoisotopic (exact) mass is 272 g/mol. The Bertz CT molecular complexity index is 582. The summed E-state index contributed by atoms with van der Waals surface area (Å²) in [5.74, 6) is 0. The van der Waals surface area contributed by atoms with Crippen LogP contribution in [0.1, 0.15) is 5.56 Å². The Balaban J connectivity index is 2.51. The van der Waals surface area contributed by atoms with Crippen molar-refractivity contribution >= 4 is 17.3 Å². The minimum atomic E-state index is -4.38. The number of halogens is 4. The summed E-state index contributed by atoms with van der Waals surface area (Å²) in [6.45, 7) is 0. The van der Waals surface area contributed by atoms with Gasteiger partial charge >= 0.3 is 6.18 Å². The van der Waals surface area contributed by atoms with Gasteiger partial charge in [-0.15, -0.1) is 0 Å². The minimum Gasteiger partial charge on any atom is -0.398 e. The van der Waals surface area contributed by atoms with Crippen LogP contribution in [0.4, 0.5) is 18.9 Å². The van der Waals surface area contributed by atoms with E-state index in [1.807, 2.05) is 0 Å². The number of anilines is 1. The summed E-state index contributed by atoms with van der Waals surface area (Å²) in [7, 11) is 0. The summed E-state index contributed by atoms with van der Waals surface area (Å²) in [5, 5.41) is 0.197. The van der Waals surface area contributed by atoms with Crippen LogP contribution in [0.15, 0.2) is 36.5 Å². The first-order valence-electron chi connectivity index (χ1n) is 4.96. The second-order valence-corrected chi connectivity index (χ2v) is 4.06. The quantitative estimate of drug-likeness (QED) is 0.797. The first-order chi connectivity index (χ1) is 8.38. The van der Waals surface area contributed by atoms with E-state index in [-0.39, 0.29) is 10.8 Å². The highest BCUT2D eigenvalue weighted by Gasteiger charge is 2.30. The lowest BCUT2D eigenvalue weighted by atomic mass is 10.0. The fourth-order valence-electron chi connectivity index (χ4n) is 1.55. The molecule has 0 spiro atoms. The van der Waals surface area contributed by atoms with Gasteiger partial charge in [0, 0.05) is 17.4 Å². The number of nitrogens with zero attached hydrogens (tertiary/aromatic N) is 1. The van der Waals surface area contributed by atoms with E-state index in [0.717, 1.165) is 12.1 Å². The van der Waals surface area contributed by atoms with Gasteiger partial charge in [0.1, 0.15) is 5.15 Å². The number of pyridine rings is 1. The molecular weight excluding hydrogens is 265 g/mol. The van der Waals surface area contributed by atoms with Crippen LogP contribution in [0.2, 0.25) is 5.15 Å². The normalized spacial score (nSPS) is 11.6. The van der Waals surface area contributed by atoms with Crippen molar-refractivity contribution in [3.63, 3.8) is 0 Å². The molecule has 0 aliphatic heterocycles. The zero-order chi connectivity index (χ0) is 13.3. The van der Waals surface area contributed by atoms with Crippen LogP contribution >= 0.6 is 11.6 Å². The molecule has 1 heterocycles. The highest BCUT2D eigenvalue weighted by molar-refractivity contribution is 6.29. The molecule has 2 N–H and O–H groups in total. The number of alkyl halides is 3. The van der Waals surface area contributed by atoms with Gasteiger partial charge in [-0.2, -0.15) is 13.2 Å². The van der Waals surface area contributed by atoms with Crippen LogP contribution in [0.3, 0.4) is 0 Å². The fraction of sp³-hybridized carbons (Fsp3) is 0.0833. The minimum absolute atomic E-state index is 0.197. The van der Waals surface area contributed by atoms with Crippen LogP contribution in [0.5, 0.6) is 0 Å². The highest BCUT2D eigenvalue weighted by atomic mass is 35.5. The lowest BCUT2D eigenvalue weighted by Gasteiger charge is -2.10. The molecule has 1 aromatic carbocycles.